The second-order valence-electron chi connectivity index (χ2n) is 11.1. The van der Waals surface area contributed by atoms with Gasteiger partial charge in [0.25, 0.3) is 5.91 Å². The molecule has 0 N–H and O–H groups in total. The number of hydrogen-bond acceptors (Lipinski definition) is 8. The molecule has 1 fully saturated rings. The van der Waals surface area contributed by atoms with Gasteiger partial charge >= 0.3 is 11.9 Å². The molecule has 0 saturated carbocycles. The highest BCUT2D eigenvalue weighted by Gasteiger charge is 2.31. The van der Waals surface area contributed by atoms with E-state index in [0.717, 1.165) is 42.7 Å². The zero-order chi connectivity index (χ0) is 32.6. The van der Waals surface area contributed by atoms with E-state index in [-0.39, 0.29) is 42.1 Å². The van der Waals surface area contributed by atoms with Crippen molar-refractivity contribution in [1.82, 2.24) is 4.90 Å². The highest BCUT2D eigenvalue weighted by molar-refractivity contribution is 6.00. The van der Waals surface area contributed by atoms with Crippen molar-refractivity contribution in [3.05, 3.63) is 89.5 Å². The molecule has 1 atom stereocenters. The summed E-state index contributed by atoms with van der Waals surface area (Å²) >= 11 is 0. The maximum Gasteiger partial charge on any atom is 0.338 e. The lowest BCUT2D eigenvalue weighted by atomic mass is 9.97. The lowest BCUT2D eigenvalue weighted by molar-refractivity contribution is -0.149. The molecule has 46 heavy (non-hydrogen) atoms. The Bertz CT molecular complexity index is 1390. The number of rotatable bonds is 17. The van der Waals surface area contributed by atoms with Crippen LogP contribution in [0.5, 0.6) is 17.2 Å². The highest BCUT2D eigenvalue weighted by atomic mass is 16.5. The molecule has 1 aliphatic rings. The minimum Gasteiger partial charge on any atom is -0.494 e. The third kappa shape index (κ3) is 10.5. The van der Waals surface area contributed by atoms with Crippen molar-refractivity contribution in [3.63, 3.8) is 0 Å². The van der Waals surface area contributed by atoms with E-state index >= 15 is 0 Å². The first-order valence-electron chi connectivity index (χ1n) is 16.3. The van der Waals surface area contributed by atoms with Crippen LogP contribution >= 0.6 is 0 Å². The Balaban J connectivity index is 1.26. The van der Waals surface area contributed by atoms with Crippen LogP contribution in [0.25, 0.3) is 0 Å². The molecule has 3 aromatic rings. The van der Waals surface area contributed by atoms with Crippen molar-refractivity contribution in [2.24, 2.45) is 5.92 Å². The van der Waals surface area contributed by atoms with E-state index in [1.54, 1.807) is 30.9 Å². The van der Waals surface area contributed by atoms with E-state index in [9.17, 15) is 14.4 Å². The number of ether oxygens (including phenoxy) is 5. The standard InChI is InChI=1S/C37H45NO8/c1-3-42-36(40)29-18-21-34(33(26-29)35(39)38-22-10-13-30(27-38)37(41)43-4-2)46-25-11-12-28-16-19-32(20-17-28)45-24-9-8-23-44-31-14-6-5-7-15-31/h5-7,14-21,26,30H,3-4,8-13,22-25,27H2,1-2H3. The van der Waals surface area contributed by atoms with Crippen LogP contribution in [0.3, 0.4) is 0 Å². The minimum atomic E-state index is -0.504. The van der Waals surface area contributed by atoms with E-state index in [2.05, 4.69) is 0 Å². The second-order valence-corrected chi connectivity index (χ2v) is 11.1. The predicted molar refractivity (Wildman–Crippen MR) is 175 cm³/mol. The summed E-state index contributed by atoms with van der Waals surface area (Å²) < 4.78 is 28.0. The molecule has 1 aliphatic heterocycles. The number of hydrogen-bond donors (Lipinski definition) is 0. The Morgan fingerprint density at radius 3 is 2.13 bits per heavy atom. The van der Waals surface area contributed by atoms with Crippen molar-refractivity contribution >= 4 is 17.8 Å². The first-order valence-corrected chi connectivity index (χ1v) is 16.3. The van der Waals surface area contributed by atoms with Crippen LogP contribution in [0.15, 0.2) is 72.8 Å². The summed E-state index contributed by atoms with van der Waals surface area (Å²) in [4.78, 5) is 40.1. The number of amides is 1. The number of carbonyl (C=O) groups excluding carboxylic acids is 3. The van der Waals surface area contributed by atoms with Gasteiger partial charge in [-0.2, -0.15) is 0 Å². The van der Waals surface area contributed by atoms with E-state index in [4.69, 9.17) is 23.7 Å². The Labute approximate surface area is 271 Å². The number of aryl methyl sites for hydroxylation is 1. The SMILES string of the molecule is CCOC(=O)c1ccc(OCCCc2ccc(OCCCCOc3ccccc3)cc2)c(C(=O)N2CCCC(C(=O)OCC)C2)c1. The summed E-state index contributed by atoms with van der Waals surface area (Å²) in [6.07, 6.45) is 4.69. The molecule has 0 aliphatic carbocycles. The molecule has 1 heterocycles. The molecule has 1 saturated heterocycles. The summed E-state index contributed by atoms with van der Waals surface area (Å²) in [6.45, 7) is 6.48. The van der Waals surface area contributed by atoms with Gasteiger partial charge in [0, 0.05) is 13.1 Å². The first-order chi connectivity index (χ1) is 22.5. The van der Waals surface area contributed by atoms with Crippen LogP contribution in [-0.2, 0) is 20.7 Å². The number of piperidine rings is 1. The van der Waals surface area contributed by atoms with Gasteiger partial charge in [-0.15, -0.1) is 0 Å². The number of carbonyl (C=O) groups is 3. The van der Waals surface area contributed by atoms with Gasteiger partial charge < -0.3 is 28.6 Å². The molecule has 0 spiro atoms. The summed E-state index contributed by atoms with van der Waals surface area (Å²) in [5, 5.41) is 0. The summed E-state index contributed by atoms with van der Waals surface area (Å²) in [5.74, 6) is 0.664. The maximum atomic E-state index is 13.7. The van der Waals surface area contributed by atoms with Crippen molar-refractivity contribution in [3.8, 4) is 17.2 Å². The lowest BCUT2D eigenvalue weighted by Crippen LogP contribution is -2.43. The number of unbranched alkanes of at least 4 members (excludes halogenated alkanes) is 1. The van der Waals surface area contributed by atoms with Crippen LogP contribution < -0.4 is 14.2 Å². The molecule has 0 radical (unpaired) electrons. The molecule has 0 aromatic heterocycles. The van der Waals surface area contributed by atoms with E-state index in [1.165, 1.54) is 6.07 Å². The van der Waals surface area contributed by atoms with Gasteiger partial charge in [-0.3, -0.25) is 9.59 Å². The zero-order valence-electron chi connectivity index (χ0n) is 26.9. The maximum absolute atomic E-state index is 13.7. The van der Waals surface area contributed by atoms with E-state index in [0.29, 0.717) is 51.6 Å². The third-order valence-electron chi connectivity index (χ3n) is 7.66. The molecule has 1 amide bonds. The quantitative estimate of drug-likeness (QED) is 0.123. The fourth-order valence-corrected chi connectivity index (χ4v) is 5.26. The van der Waals surface area contributed by atoms with Gasteiger partial charge in [0.1, 0.15) is 17.2 Å². The number of nitrogens with zero attached hydrogens (tertiary/aromatic N) is 1. The third-order valence-corrected chi connectivity index (χ3v) is 7.66. The minimum absolute atomic E-state index is 0.228. The van der Waals surface area contributed by atoms with Gasteiger partial charge in [-0.1, -0.05) is 30.3 Å². The van der Waals surface area contributed by atoms with Crippen molar-refractivity contribution in [2.45, 2.75) is 52.4 Å². The number of para-hydroxylation sites is 1. The summed E-state index contributed by atoms with van der Waals surface area (Å²) in [6, 6.07) is 22.6. The Morgan fingerprint density at radius 1 is 0.761 bits per heavy atom. The smallest absolute Gasteiger partial charge is 0.338 e. The lowest BCUT2D eigenvalue weighted by Gasteiger charge is -2.32. The van der Waals surface area contributed by atoms with Gasteiger partial charge in [-0.25, -0.2) is 4.79 Å². The molecular formula is C37H45NO8. The van der Waals surface area contributed by atoms with Crippen LogP contribution in [-0.4, -0.2) is 68.9 Å². The van der Waals surface area contributed by atoms with Gasteiger partial charge in [0.15, 0.2) is 0 Å². The summed E-state index contributed by atoms with van der Waals surface area (Å²) in [7, 11) is 0. The molecule has 246 valence electrons. The van der Waals surface area contributed by atoms with E-state index in [1.807, 2.05) is 54.6 Å². The van der Waals surface area contributed by atoms with Gasteiger partial charge in [0.2, 0.25) is 0 Å². The Hall–Kier alpha value is -4.53. The van der Waals surface area contributed by atoms with Crippen LogP contribution in [0.2, 0.25) is 0 Å². The van der Waals surface area contributed by atoms with Crippen molar-refractivity contribution in [2.75, 3.05) is 46.1 Å². The van der Waals surface area contributed by atoms with Crippen LogP contribution in [0, 0.1) is 5.92 Å². The molecule has 9 nitrogen and oxygen atoms in total. The fourth-order valence-electron chi connectivity index (χ4n) is 5.26. The fraction of sp³-hybridized carbons (Fsp3) is 0.432. The average Bonchev–Trinajstić information content (AvgIpc) is 3.09. The molecule has 1 unspecified atom stereocenters. The Kier molecular flexibility index (Phi) is 13.8. The number of benzene rings is 3. The first kappa shape index (κ1) is 34.3. The van der Waals surface area contributed by atoms with Crippen molar-refractivity contribution < 1.29 is 38.1 Å². The normalized spacial score (nSPS) is 14.3. The van der Waals surface area contributed by atoms with Gasteiger partial charge in [-0.05, 0) is 100 Å². The van der Waals surface area contributed by atoms with Crippen LogP contribution in [0.1, 0.15) is 72.2 Å². The monoisotopic (exact) mass is 631 g/mol. The second kappa shape index (κ2) is 18.4. The molecule has 4 rings (SSSR count). The number of esters is 2. The largest absolute Gasteiger partial charge is 0.494 e. The molecule has 0 bridgehead atoms. The molecule has 3 aromatic carbocycles. The summed E-state index contributed by atoms with van der Waals surface area (Å²) in [5.41, 5.74) is 1.71. The van der Waals surface area contributed by atoms with Crippen molar-refractivity contribution in [1.29, 1.82) is 0 Å². The van der Waals surface area contributed by atoms with Gasteiger partial charge in [0.05, 0.1) is 50.1 Å². The number of likely N-dealkylation sites (tertiary alicyclic amines) is 1. The average molecular weight is 632 g/mol. The highest BCUT2D eigenvalue weighted by Crippen LogP contribution is 2.27. The molecular weight excluding hydrogens is 586 g/mol. The zero-order valence-corrected chi connectivity index (χ0v) is 26.9. The molecule has 9 heteroatoms. The van der Waals surface area contributed by atoms with Crippen LogP contribution in [0.4, 0.5) is 0 Å². The van der Waals surface area contributed by atoms with E-state index < -0.39 is 5.97 Å². The Morgan fingerprint density at radius 2 is 1.43 bits per heavy atom. The predicted octanol–water partition coefficient (Wildman–Crippen LogP) is 6.53. The topological polar surface area (TPSA) is 101 Å².